The molecule has 0 amide bonds. The van der Waals surface area contributed by atoms with Crippen LogP contribution in [0.2, 0.25) is 0 Å². The molecular weight excluding hydrogens is 184 g/mol. The molecule has 0 aliphatic heterocycles. The van der Waals surface area contributed by atoms with Gasteiger partial charge in [-0.05, 0) is 24.5 Å². The van der Waals surface area contributed by atoms with Gasteiger partial charge in [0, 0.05) is 12.0 Å². The average molecular weight is 204 g/mol. The number of ketones is 1. The normalized spacial score (nSPS) is 10.3. The monoisotopic (exact) mass is 204 g/mol. The number of hydrogen-bond donors (Lipinski definition) is 0. The topological polar surface area (TPSA) is 17.1 Å². The van der Waals surface area contributed by atoms with Crippen LogP contribution in [-0.4, -0.2) is 5.78 Å². The van der Waals surface area contributed by atoms with E-state index in [1.807, 2.05) is 18.2 Å². The highest BCUT2D eigenvalue weighted by atomic mass is 16.1. The second-order valence-corrected chi connectivity index (χ2v) is 3.98. The third kappa shape index (κ3) is 3.86. The molecule has 0 unspecified atom stereocenters. The van der Waals surface area contributed by atoms with Crippen molar-refractivity contribution < 1.29 is 4.79 Å². The van der Waals surface area contributed by atoms with Crippen molar-refractivity contribution in [1.29, 1.82) is 0 Å². The van der Waals surface area contributed by atoms with Gasteiger partial charge in [-0.15, -0.1) is 0 Å². The zero-order valence-electron chi connectivity index (χ0n) is 9.75. The van der Waals surface area contributed by atoms with E-state index in [0.29, 0.717) is 6.42 Å². The van der Waals surface area contributed by atoms with Crippen LogP contribution in [0.15, 0.2) is 24.3 Å². The Labute approximate surface area is 92.5 Å². The van der Waals surface area contributed by atoms with Gasteiger partial charge >= 0.3 is 0 Å². The van der Waals surface area contributed by atoms with Crippen LogP contribution < -0.4 is 0 Å². The largest absolute Gasteiger partial charge is 0.294 e. The molecule has 0 aliphatic rings. The number of carbonyl (C=O) groups is 1. The molecule has 1 heteroatoms. The van der Waals surface area contributed by atoms with Gasteiger partial charge in [-0.3, -0.25) is 4.79 Å². The third-order valence-electron chi connectivity index (χ3n) is 2.55. The molecular formula is C14H20O. The van der Waals surface area contributed by atoms with Crippen molar-refractivity contribution in [3.63, 3.8) is 0 Å². The molecule has 1 nitrogen and oxygen atoms in total. The molecule has 82 valence electrons. The first kappa shape index (κ1) is 12.0. The quantitative estimate of drug-likeness (QED) is 0.640. The van der Waals surface area contributed by atoms with E-state index in [1.54, 1.807) is 0 Å². The van der Waals surface area contributed by atoms with E-state index in [0.717, 1.165) is 31.2 Å². The number of Topliss-reactive ketones (excluding diaryl/α,β-unsaturated/α-hetero) is 1. The molecule has 0 bridgehead atoms. The van der Waals surface area contributed by atoms with Crippen molar-refractivity contribution in [2.75, 3.05) is 0 Å². The van der Waals surface area contributed by atoms with E-state index in [2.05, 4.69) is 19.9 Å². The molecule has 0 spiro atoms. The first-order valence-electron chi connectivity index (χ1n) is 5.90. The fourth-order valence-corrected chi connectivity index (χ4v) is 1.67. The lowest BCUT2D eigenvalue weighted by molar-refractivity contribution is 0.0979. The zero-order chi connectivity index (χ0) is 11.1. The summed E-state index contributed by atoms with van der Waals surface area (Å²) < 4.78 is 0. The number of hydrogen-bond acceptors (Lipinski definition) is 1. The van der Waals surface area contributed by atoms with Crippen LogP contribution in [0.25, 0.3) is 0 Å². The van der Waals surface area contributed by atoms with Crippen molar-refractivity contribution >= 4 is 5.78 Å². The lowest BCUT2D eigenvalue weighted by Crippen LogP contribution is -1.99. The summed E-state index contributed by atoms with van der Waals surface area (Å²) in [5, 5.41) is 0. The number of rotatable bonds is 6. The van der Waals surface area contributed by atoms with Crippen LogP contribution in [0.1, 0.15) is 55.5 Å². The lowest BCUT2D eigenvalue weighted by atomic mass is 10.0. The Hall–Kier alpha value is -1.11. The van der Waals surface area contributed by atoms with E-state index in [1.165, 1.54) is 5.56 Å². The molecule has 0 atom stereocenters. The molecule has 0 N–H and O–H groups in total. The molecule has 0 saturated carbocycles. The number of aryl methyl sites for hydroxylation is 1. The van der Waals surface area contributed by atoms with Gasteiger partial charge < -0.3 is 0 Å². The number of benzene rings is 1. The van der Waals surface area contributed by atoms with E-state index in [9.17, 15) is 4.79 Å². The van der Waals surface area contributed by atoms with E-state index >= 15 is 0 Å². The molecule has 15 heavy (non-hydrogen) atoms. The predicted octanol–water partition coefficient (Wildman–Crippen LogP) is 4.01. The van der Waals surface area contributed by atoms with Gasteiger partial charge in [0.15, 0.2) is 5.78 Å². The van der Waals surface area contributed by atoms with Crippen LogP contribution >= 0.6 is 0 Å². The molecule has 0 radical (unpaired) electrons. The summed E-state index contributed by atoms with van der Waals surface area (Å²) in [4.78, 5) is 11.8. The summed E-state index contributed by atoms with van der Waals surface area (Å²) in [6.45, 7) is 4.27. The van der Waals surface area contributed by atoms with E-state index < -0.39 is 0 Å². The minimum atomic E-state index is 0.287. The fraction of sp³-hybridized carbons (Fsp3) is 0.500. The van der Waals surface area contributed by atoms with E-state index in [-0.39, 0.29) is 5.78 Å². The van der Waals surface area contributed by atoms with Crippen molar-refractivity contribution in [2.24, 2.45) is 0 Å². The van der Waals surface area contributed by atoms with Crippen LogP contribution in [0.3, 0.4) is 0 Å². The van der Waals surface area contributed by atoms with Crippen molar-refractivity contribution in [2.45, 2.75) is 46.0 Å². The minimum Gasteiger partial charge on any atom is -0.294 e. The maximum Gasteiger partial charge on any atom is 0.162 e. The predicted molar refractivity (Wildman–Crippen MR) is 64.3 cm³/mol. The Kier molecular flexibility index (Phi) is 5.09. The van der Waals surface area contributed by atoms with Gasteiger partial charge in [0.05, 0.1) is 0 Å². The standard InChI is InChI=1S/C14H20O/c1-3-5-10-14(15)13-9-6-8-12(11-13)7-4-2/h6,8-9,11H,3-5,7,10H2,1-2H3. The van der Waals surface area contributed by atoms with Crippen LogP contribution in [0.4, 0.5) is 0 Å². The molecule has 0 saturated heterocycles. The molecule has 0 heterocycles. The second-order valence-electron chi connectivity index (χ2n) is 3.98. The van der Waals surface area contributed by atoms with Gasteiger partial charge in [0.25, 0.3) is 0 Å². The molecule has 0 aromatic heterocycles. The highest BCUT2D eigenvalue weighted by Gasteiger charge is 2.05. The first-order valence-corrected chi connectivity index (χ1v) is 5.90. The molecule has 1 aromatic carbocycles. The highest BCUT2D eigenvalue weighted by Crippen LogP contribution is 2.11. The summed E-state index contributed by atoms with van der Waals surface area (Å²) in [6.07, 6.45) is 4.96. The highest BCUT2D eigenvalue weighted by molar-refractivity contribution is 5.96. The summed E-state index contributed by atoms with van der Waals surface area (Å²) in [5.74, 6) is 0.287. The Morgan fingerprint density at radius 1 is 1.20 bits per heavy atom. The lowest BCUT2D eigenvalue weighted by Gasteiger charge is -2.03. The molecule has 0 fully saturated rings. The van der Waals surface area contributed by atoms with Crippen molar-refractivity contribution in [1.82, 2.24) is 0 Å². The Balaban J connectivity index is 2.67. The van der Waals surface area contributed by atoms with Gasteiger partial charge in [-0.2, -0.15) is 0 Å². The summed E-state index contributed by atoms with van der Waals surface area (Å²) in [7, 11) is 0. The van der Waals surface area contributed by atoms with Gasteiger partial charge in [0.1, 0.15) is 0 Å². The van der Waals surface area contributed by atoms with Crippen LogP contribution in [0, 0.1) is 0 Å². The smallest absolute Gasteiger partial charge is 0.162 e. The maximum absolute atomic E-state index is 11.8. The molecule has 0 aliphatic carbocycles. The third-order valence-corrected chi connectivity index (χ3v) is 2.55. The maximum atomic E-state index is 11.8. The molecule has 1 rings (SSSR count). The van der Waals surface area contributed by atoms with Crippen LogP contribution in [0.5, 0.6) is 0 Å². The average Bonchev–Trinajstić information content (AvgIpc) is 2.27. The van der Waals surface area contributed by atoms with Gasteiger partial charge in [0.2, 0.25) is 0 Å². The van der Waals surface area contributed by atoms with Gasteiger partial charge in [-0.1, -0.05) is 44.9 Å². The summed E-state index contributed by atoms with van der Waals surface area (Å²) in [6, 6.07) is 8.06. The summed E-state index contributed by atoms with van der Waals surface area (Å²) in [5.41, 5.74) is 2.16. The second kappa shape index (κ2) is 6.39. The fourth-order valence-electron chi connectivity index (χ4n) is 1.67. The summed E-state index contributed by atoms with van der Waals surface area (Å²) >= 11 is 0. The Morgan fingerprint density at radius 2 is 2.00 bits per heavy atom. The minimum absolute atomic E-state index is 0.287. The Morgan fingerprint density at radius 3 is 2.67 bits per heavy atom. The van der Waals surface area contributed by atoms with Crippen molar-refractivity contribution in [3.05, 3.63) is 35.4 Å². The number of unbranched alkanes of at least 4 members (excludes halogenated alkanes) is 1. The van der Waals surface area contributed by atoms with Crippen molar-refractivity contribution in [3.8, 4) is 0 Å². The SMILES string of the molecule is CCCCC(=O)c1cccc(CCC)c1. The van der Waals surface area contributed by atoms with Gasteiger partial charge in [-0.25, -0.2) is 0 Å². The van der Waals surface area contributed by atoms with Crippen LogP contribution in [-0.2, 0) is 6.42 Å². The molecule has 1 aromatic rings. The first-order chi connectivity index (χ1) is 7.27. The number of carbonyl (C=O) groups excluding carboxylic acids is 1. The Bertz CT molecular complexity index is 315. The van der Waals surface area contributed by atoms with E-state index in [4.69, 9.17) is 0 Å². The zero-order valence-corrected chi connectivity index (χ0v) is 9.75.